The first kappa shape index (κ1) is 25.7. The number of benzene rings is 1. The van der Waals surface area contributed by atoms with E-state index in [0.29, 0.717) is 24.3 Å². The van der Waals surface area contributed by atoms with E-state index >= 15 is 0 Å². The Morgan fingerprint density at radius 3 is 2.54 bits per heavy atom. The predicted molar refractivity (Wildman–Crippen MR) is 130 cm³/mol. The molecule has 0 aromatic heterocycles. The Labute approximate surface area is 204 Å². The summed E-state index contributed by atoms with van der Waals surface area (Å²) < 4.78 is 65.7. The average molecular weight is 509 g/mol. The largest absolute Gasteiger partial charge is 0.416 e. The van der Waals surface area contributed by atoms with Crippen molar-refractivity contribution in [3.05, 3.63) is 64.8 Å². The maximum absolute atomic E-state index is 13.3. The fourth-order valence-electron chi connectivity index (χ4n) is 5.39. The highest BCUT2D eigenvalue weighted by Gasteiger charge is 2.51. The highest BCUT2D eigenvalue weighted by Crippen LogP contribution is 2.63. The minimum absolute atomic E-state index is 0.0867. The van der Waals surface area contributed by atoms with Crippen molar-refractivity contribution in [2.75, 3.05) is 12.8 Å². The summed E-state index contributed by atoms with van der Waals surface area (Å²) in [6.45, 7) is 6.27. The number of hydrogen-bond acceptors (Lipinski definition) is 3. The molecule has 3 unspecified atom stereocenters. The van der Waals surface area contributed by atoms with Gasteiger partial charge in [-0.15, -0.1) is 0 Å². The van der Waals surface area contributed by atoms with Gasteiger partial charge in [0.15, 0.2) is 0 Å². The number of rotatable bonds is 5. The number of alkyl halides is 3. The van der Waals surface area contributed by atoms with Gasteiger partial charge >= 0.3 is 6.18 Å². The first-order valence-corrected chi connectivity index (χ1v) is 13.5. The quantitative estimate of drug-likeness (QED) is 0.554. The van der Waals surface area contributed by atoms with Crippen LogP contribution in [0.2, 0.25) is 0 Å². The van der Waals surface area contributed by atoms with Crippen LogP contribution in [0.25, 0.3) is 5.57 Å². The molecule has 0 bridgehead atoms. The number of amides is 1. The molecule has 2 N–H and O–H groups in total. The van der Waals surface area contributed by atoms with Gasteiger partial charge in [0, 0.05) is 12.6 Å². The summed E-state index contributed by atoms with van der Waals surface area (Å²) in [6.07, 6.45) is 5.58. The topological polar surface area (TPSA) is 75.3 Å². The number of nitrogens with one attached hydrogen (secondary N) is 2. The fraction of sp³-hybridized carbons (Fsp3) is 0.500. The molecule has 3 aliphatic carbocycles. The monoisotopic (exact) mass is 508 g/mol. The SMILES string of the molecule is CC1(NS(C)(=O)=O)C=CC(CNC(=O)/C=C2\CC(C)(C)C3CC3c3cc(C(F)(F)F)ccc32)=CC1. The van der Waals surface area contributed by atoms with Crippen LogP contribution in [-0.4, -0.2) is 32.7 Å². The molecule has 0 heterocycles. The first-order chi connectivity index (χ1) is 16.1. The van der Waals surface area contributed by atoms with Crippen molar-refractivity contribution < 1.29 is 26.4 Å². The lowest BCUT2D eigenvalue weighted by Crippen LogP contribution is -2.44. The molecule has 3 aliphatic rings. The molecule has 0 saturated heterocycles. The molecular weight excluding hydrogens is 477 g/mol. The Morgan fingerprint density at radius 2 is 1.94 bits per heavy atom. The predicted octanol–water partition coefficient (Wildman–Crippen LogP) is 4.93. The van der Waals surface area contributed by atoms with Gasteiger partial charge in [0.1, 0.15) is 0 Å². The standard InChI is InChI=1S/C26H31F3N2O3S/c1-24(2)14-17(19-6-5-18(26(27,28)29)12-20(19)21-13-22(21)24)11-23(32)30-15-16-7-9-25(3,10-8-16)31-35(4,33)34/h5-9,11-12,21-22,31H,10,13-15H2,1-4H3,(H,30,32)/b17-11+. The highest BCUT2D eigenvalue weighted by molar-refractivity contribution is 7.88. The minimum atomic E-state index is -4.41. The maximum Gasteiger partial charge on any atom is 0.416 e. The van der Waals surface area contributed by atoms with Crippen LogP contribution in [0, 0.1) is 11.3 Å². The van der Waals surface area contributed by atoms with Crippen LogP contribution in [-0.2, 0) is 21.0 Å². The summed E-state index contributed by atoms with van der Waals surface area (Å²) in [4.78, 5) is 12.8. The number of carbonyl (C=O) groups is 1. The zero-order chi connectivity index (χ0) is 25.8. The molecule has 5 nitrogen and oxygen atoms in total. The molecule has 1 fully saturated rings. The number of carbonyl (C=O) groups excluding carboxylic acids is 1. The molecule has 1 saturated carbocycles. The van der Waals surface area contributed by atoms with E-state index in [1.165, 1.54) is 18.2 Å². The third-order valence-electron chi connectivity index (χ3n) is 7.21. The van der Waals surface area contributed by atoms with E-state index in [1.54, 1.807) is 19.1 Å². The van der Waals surface area contributed by atoms with Gasteiger partial charge in [-0.3, -0.25) is 4.79 Å². The molecule has 9 heteroatoms. The van der Waals surface area contributed by atoms with Crippen LogP contribution in [0.3, 0.4) is 0 Å². The molecule has 4 rings (SSSR count). The van der Waals surface area contributed by atoms with Crippen molar-refractivity contribution in [2.24, 2.45) is 11.3 Å². The van der Waals surface area contributed by atoms with Gasteiger partial charge in [0.2, 0.25) is 15.9 Å². The fourth-order valence-corrected chi connectivity index (χ4v) is 6.38. The van der Waals surface area contributed by atoms with E-state index in [2.05, 4.69) is 23.9 Å². The first-order valence-electron chi connectivity index (χ1n) is 11.6. The average Bonchev–Trinajstić information content (AvgIpc) is 3.52. The van der Waals surface area contributed by atoms with Gasteiger partial charge in [-0.1, -0.05) is 38.1 Å². The van der Waals surface area contributed by atoms with Crippen LogP contribution in [0.15, 0.2) is 48.1 Å². The van der Waals surface area contributed by atoms with Gasteiger partial charge in [0.05, 0.1) is 17.4 Å². The van der Waals surface area contributed by atoms with Crippen LogP contribution in [0.1, 0.15) is 62.6 Å². The lowest BCUT2D eigenvalue weighted by Gasteiger charge is -2.28. The molecular formula is C26H31F3N2O3S. The van der Waals surface area contributed by atoms with E-state index in [-0.39, 0.29) is 23.8 Å². The zero-order valence-corrected chi connectivity index (χ0v) is 21.1. The van der Waals surface area contributed by atoms with Gasteiger partial charge in [0.25, 0.3) is 0 Å². The van der Waals surface area contributed by atoms with Crippen LogP contribution in [0.5, 0.6) is 0 Å². The van der Waals surface area contributed by atoms with Crippen molar-refractivity contribution >= 4 is 21.5 Å². The summed E-state index contributed by atoms with van der Waals surface area (Å²) in [5.41, 5.74) is 1.52. The molecule has 35 heavy (non-hydrogen) atoms. The van der Waals surface area contributed by atoms with Crippen molar-refractivity contribution in [3.63, 3.8) is 0 Å². The summed E-state index contributed by atoms with van der Waals surface area (Å²) in [6, 6.07) is 3.86. The summed E-state index contributed by atoms with van der Waals surface area (Å²) in [5, 5.41) is 2.86. The Morgan fingerprint density at radius 1 is 1.23 bits per heavy atom. The van der Waals surface area contributed by atoms with Gasteiger partial charge in [-0.2, -0.15) is 13.2 Å². The molecule has 0 radical (unpaired) electrons. The summed E-state index contributed by atoms with van der Waals surface area (Å²) in [7, 11) is -3.36. The Hall–Kier alpha value is -2.39. The van der Waals surface area contributed by atoms with E-state index in [0.717, 1.165) is 35.5 Å². The Kier molecular flexibility index (Phi) is 6.33. The molecule has 3 atom stereocenters. The van der Waals surface area contributed by atoms with E-state index in [4.69, 9.17) is 0 Å². The van der Waals surface area contributed by atoms with E-state index in [1.807, 2.05) is 6.08 Å². The number of sulfonamides is 1. The molecule has 1 amide bonds. The molecule has 0 aliphatic heterocycles. The normalized spacial score (nSPS) is 28.5. The molecule has 0 spiro atoms. The third kappa shape index (κ3) is 5.89. The van der Waals surface area contributed by atoms with Crippen molar-refractivity contribution in [1.82, 2.24) is 10.0 Å². The molecule has 1 aromatic carbocycles. The molecule has 190 valence electrons. The molecule has 1 aromatic rings. The van der Waals surface area contributed by atoms with Crippen molar-refractivity contribution in [3.8, 4) is 0 Å². The number of allylic oxidation sites excluding steroid dienone is 1. The lowest BCUT2D eigenvalue weighted by atomic mass is 9.80. The highest BCUT2D eigenvalue weighted by atomic mass is 32.2. The number of fused-ring (bicyclic) bond motifs is 3. The van der Waals surface area contributed by atoms with Crippen LogP contribution >= 0.6 is 0 Å². The smallest absolute Gasteiger partial charge is 0.348 e. The van der Waals surface area contributed by atoms with Crippen molar-refractivity contribution in [2.45, 2.75) is 57.7 Å². The maximum atomic E-state index is 13.3. The summed E-state index contributed by atoms with van der Waals surface area (Å²) >= 11 is 0. The second-order valence-corrected chi connectivity index (χ2v) is 12.7. The van der Waals surface area contributed by atoms with E-state index < -0.39 is 27.3 Å². The Balaban J connectivity index is 1.50. The lowest BCUT2D eigenvalue weighted by molar-refractivity contribution is -0.137. The van der Waals surface area contributed by atoms with Gasteiger partial charge < -0.3 is 5.32 Å². The third-order valence-corrected chi connectivity index (χ3v) is 8.05. The van der Waals surface area contributed by atoms with Crippen LogP contribution < -0.4 is 10.0 Å². The van der Waals surface area contributed by atoms with Crippen molar-refractivity contribution in [1.29, 1.82) is 0 Å². The van der Waals surface area contributed by atoms with Gasteiger partial charge in [-0.05, 0) is 77.8 Å². The Bertz CT molecular complexity index is 1240. The second-order valence-electron chi connectivity index (χ2n) is 10.9. The second kappa shape index (κ2) is 8.62. The zero-order valence-electron chi connectivity index (χ0n) is 20.3. The summed E-state index contributed by atoms with van der Waals surface area (Å²) in [5.74, 6) is 0.0730. The number of hydrogen-bond donors (Lipinski definition) is 2. The van der Waals surface area contributed by atoms with E-state index in [9.17, 15) is 26.4 Å². The number of halogens is 3. The van der Waals surface area contributed by atoms with Gasteiger partial charge in [-0.25, -0.2) is 13.1 Å². The minimum Gasteiger partial charge on any atom is -0.348 e. The van der Waals surface area contributed by atoms with Crippen LogP contribution in [0.4, 0.5) is 13.2 Å².